The van der Waals surface area contributed by atoms with E-state index in [9.17, 15) is 9.18 Å². The summed E-state index contributed by atoms with van der Waals surface area (Å²) in [7, 11) is 0. The topological polar surface area (TPSA) is 36.4 Å². The number of hydrogen-bond acceptors (Lipinski definition) is 3. The highest BCUT2D eigenvalue weighted by molar-refractivity contribution is 6.33. The number of halogens is 2. The van der Waals surface area contributed by atoms with E-state index < -0.39 is 0 Å². The molecule has 1 amide bonds. The maximum absolute atomic E-state index is 13.0. The summed E-state index contributed by atoms with van der Waals surface area (Å²) in [5, 5.41) is 0.616. The van der Waals surface area contributed by atoms with E-state index in [4.69, 9.17) is 11.6 Å². The molecule has 0 bridgehead atoms. The minimum Gasteiger partial charge on any atom is -0.368 e. The first-order valence-electron chi connectivity index (χ1n) is 7.54. The Morgan fingerprint density at radius 1 is 1.09 bits per heavy atom. The number of pyridine rings is 1. The van der Waals surface area contributed by atoms with Crippen molar-refractivity contribution in [3.05, 3.63) is 59.1 Å². The average molecular weight is 334 g/mol. The van der Waals surface area contributed by atoms with Gasteiger partial charge < -0.3 is 9.80 Å². The van der Waals surface area contributed by atoms with Crippen LogP contribution in [0.5, 0.6) is 0 Å². The van der Waals surface area contributed by atoms with Crippen molar-refractivity contribution in [2.45, 2.75) is 6.42 Å². The van der Waals surface area contributed by atoms with Crippen LogP contribution in [0.15, 0.2) is 42.7 Å². The van der Waals surface area contributed by atoms with Crippen molar-refractivity contribution in [1.29, 1.82) is 0 Å². The lowest BCUT2D eigenvalue weighted by atomic mass is 10.2. The predicted molar refractivity (Wildman–Crippen MR) is 88.4 cm³/mol. The van der Waals surface area contributed by atoms with Crippen molar-refractivity contribution in [2.24, 2.45) is 0 Å². The van der Waals surface area contributed by atoms with E-state index in [1.807, 2.05) is 11.0 Å². The van der Waals surface area contributed by atoms with Gasteiger partial charge >= 0.3 is 0 Å². The van der Waals surface area contributed by atoms with E-state index in [1.165, 1.54) is 24.3 Å². The summed E-state index contributed by atoms with van der Waals surface area (Å²) in [5.74, 6) is -0.399. The zero-order valence-electron chi connectivity index (χ0n) is 12.6. The molecule has 1 saturated heterocycles. The maximum Gasteiger partial charge on any atom is 0.253 e. The lowest BCUT2D eigenvalue weighted by Crippen LogP contribution is -2.35. The molecule has 0 spiro atoms. The SMILES string of the molecule is O=C(c1ccc(F)cc1)N1CCCN(c2ccncc2Cl)CC1. The van der Waals surface area contributed by atoms with Gasteiger partial charge in [0.25, 0.3) is 5.91 Å². The average Bonchev–Trinajstić information content (AvgIpc) is 2.81. The first-order chi connectivity index (χ1) is 11.1. The van der Waals surface area contributed by atoms with Crippen LogP contribution in [-0.2, 0) is 0 Å². The molecular weight excluding hydrogens is 317 g/mol. The second kappa shape index (κ2) is 6.96. The molecular formula is C17H17ClFN3O. The van der Waals surface area contributed by atoms with Crippen molar-refractivity contribution in [2.75, 3.05) is 31.1 Å². The Balaban J connectivity index is 1.70. The summed E-state index contributed by atoms with van der Waals surface area (Å²) in [6.45, 7) is 2.82. The monoisotopic (exact) mass is 333 g/mol. The van der Waals surface area contributed by atoms with E-state index in [0.717, 1.165) is 18.7 Å². The first kappa shape index (κ1) is 15.7. The third-order valence-corrected chi connectivity index (χ3v) is 4.26. The number of rotatable bonds is 2. The van der Waals surface area contributed by atoms with Crippen LogP contribution in [-0.4, -0.2) is 42.0 Å². The van der Waals surface area contributed by atoms with Gasteiger partial charge in [-0.25, -0.2) is 4.39 Å². The number of nitrogens with zero attached hydrogens (tertiary/aromatic N) is 3. The minimum atomic E-state index is -0.337. The molecule has 1 fully saturated rings. The molecule has 0 N–H and O–H groups in total. The van der Waals surface area contributed by atoms with E-state index in [2.05, 4.69) is 9.88 Å². The third kappa shape index (κ3) is 3.62. The third-order valence-electron chi connectivity index (χ3n) is 3.97. The van der Waals surface area contributed by atoms with Crippen LogP contribution in [0.1, 0.15) is 16.8 Å². The molecule has 23 heavy (non-hydrogen) atoms. The molecule has 0 atom stereocenters. The second-order valence-corrected chi connectivity index (χ2v) is 5.87. The molecule has 1 aliphatic heterocycles. The fourth-order valence-corrected chi connectivity index (χ4v) is 3.00. The molecule has 6 heteroatoms. The Kier molecular flexibility index (Phi) is 4.76. The van der Waals surface area contributed by atoms with Crippen LogP contribution in [0, 0.1) is 5.82 Å². The van der Waals surface area contributed by atoms with Gasteiger partial charge in [-0.2, -0.15) is 0 Å². The summed E-state index contributed by atoms with van der Waals surface area (Å²) in [5.41, 5.74) is 1.46. The van der Waals surface area contributed by atoms with E-state index in [0.29, 0.717) is 30.2 Å². The summed E-state index contributed by atoms with van der Waals surface area (Å²) >= 11 is 6.20. The molecule has 0 aliphatic carbocycles. The van der Waals surface area contributed by atoms with Crippen LogP contribution in [0.3, 0.4) is 0 Å². The first-order valence-corrected chi connectivity index (χ1v) is 7.92. The molecule has 120 valence electrons. The van der Waals surface area contributed by atoms with Gasteiger partial charge in [0.2, 0.25) is 0 Å². The normalized spacial score (nSPS) is 15.4. The van der Waals surface area contributed by atoms with Gasteiger partial charge in [0.15, 0.2) is 0 Å². The molecule has 1 aliphatic rings. The number of carbonyl (C=O) groups is 1. The van der Waals surface area contributed by atoms with Crippen molar-refractivity contribution >= 4 is 23.2 Å². The van der Waals surface area contributed by atoms with Crippen molar-refractivity contribution < 1.29 is 9.18 Å². The smallest absolute Gasteiger partial charge is 0.253 e. The van der Waals surface area contributed by atoms with Crippen molar-refractivity contribution in [3.8, 4) is 0 Å². The van der Waals surface area contributed by atoms with E-state index in [-0.39, 0.29) is 11.7 Å². The highest BCUT2D eigenvalue weighted by atomic mass is 35.5. The quantitative estimate of drug-likeness (QED) is 0.846. The fraction of sp³-hybridized carbons (Fsp3) is 0.294. The number of hydrogen-bond donors (Lipinski definition) is 0. The Morgan fingerprint density at radius 3 is 2.61 bits per heavy atom. The molecule has 2 heterocycles. The zero-order valence-corrected chi connectivity index (χ0v) is 13.3. The predicted octanol–water partition coefficient (Wildman–Crippen LogP) is 3.23. The largest absolute Gasteiger partial charge is 0.368 e. The number of benzene rings is 1. The standard InChI is InChI=1S/C17H17ClFN3O/c18-15-12-20-7-6-16(15)21-8-1-9-22(11-10-21)17(23)13-2-4-14(19)5-3-13/h2-7,12H,1,8-11H2. The number of amides is 1. The number of aromatic nitrogens is 1. The number of carbonyl (C=O) groups excluding carboxylic acids is 1. The van der Waals surface area contributed by atoms with Crippen LogP contribution in [0.4, 0.5) is 10.1 Å². The van der Waals surface area contributed by atoms with Gasteiger partial charge in [-0.3, -0.25) is 9.78 Å². The van der Waals surface area contributed by atoms with Crippen LogP contribution in [0.2, 0.25) is 5.02 Å². The molecule has 4 nitrogen and oxygen atoms in total. The highest BCUT2D eigenvalue weighted by Crippen LogP contribution is 2.25. The molecule has 0 radical (unpaired) electrons. The molecule has 2 aromatic rings. The summed E-state index contributed by atoms with van der Waals surface area (Å²) < 4.78 is 13.0. The van der Waals surface area contributed by atoms with Gasteiger partial charge in [-0.15, -0.1) is 0 Å². The Morgan fingerprint density at radius 2 is 1.87 bits per heavy atom. The maximum atomic E-state index is 13.0. The molecule has 1 aromatic heterocycles. The van der Waals surface area contributed by atoms with E-state index in [1.54, 1.807) is 12.4 Å². The fourth-order valence-electron chi connectivity index (χ4n) is 2.76. The summed E-state index contributed by atoms with van der Waals surface area (Å²) in [4.78, 5) is 20.5. The minimum absolute atomic E-state index is 0.0623. The van der Waals surface area contributed by atoms with E-state index >= 15 is 0 Å². The van der Waals surface area contributed by atoms with Gasteiger partial charge in [0.1, 0.15) is 5.82 Å². The second-order valence-electron chi connectivity index (χ2n) is 5.47. The van der Waals surface area contributed by atoms with Crippen LogP contribution in [0.25, 0.3) is 0 Å². The molecule has 1 aromatic carbocycles. The highest BCUT2D eigenvalue weighted by Gasteiger charge is 2.21. The Hall–Kier alpha value is -2.14. The van der Waals surface area contributed by atoms with Crippen LogP contribution >= 0.6 is 11.6 Å². The Bertz CT molecular complexity index is 692. The van der Waals surface area contributed by atoms with Gasteiger partial charge in [0.05, 0.1) is 10.7 Å². The number of anilines is 1. The molecule has 3 rings (SSSR count). The Labute approximate surface area is 139 Å². The molecule has 0 saturated carbocycles. The van der Waals surface area contributed by atoms with Gasteiger partial charge in [0, 0.05) is 44.1 Å². The van der Waals surface area contributed by atoms with Crippen LogP contribution < -0.4 is 4.90 Å². The summed E-state index contributed by atoms with van der Waals surface area (Å²) in [6.07, 6.45) is 4.20. The van der Waals surface area contributed by atoms with Crippen molar-refractivity contribution in [3.63, 3.8) is 0 Å². The van der Waals surface area contributed by atoms with Crippen molar-refractivity contribution in [1.82, 2.24) is 9.88 Å². The zero-order chi connectivity index (χ0) is 16.2. The summed E-state index contributed by atoms with van der Waals surface area (Å²) in [6, 6.07) is 7.57. The lowest BCUT2D eigenvalue weighted by Gasteiger charge is -2.24. The van der Waals surface area contributed by atoms with Gasteiger partial charge in [-0.05, 0) is 36.8 Å². The molecule has 0 unspecified atom stereocenters. The van der Waals surface area contributed by atoms with Gasteiger partial charge in [-0.1, -0.05) is 11.6 Å². The lowest BCUT2D eigenvalue weighted by molar-refractivity contribution is 0.0767.